The number of H-pyrrole nitrogens is 2. The van der Waals surface area contributed by atoms with Gasteiger partial charge in [0.1, 0.15) is 0 Å². The number of fused-ring (bicyclic) bond motifs is 1. The largest absolute Gasteiger partial charge is 0.272 e. The number of hydrogen-bond donors (Lipinski definition) is 2. The summed E-state index contributed by atoms with van der Waals surface area (Å²) in [6.07, 6.45) is 1.44. The number of benzene rings is 1. The van der Waals surface area contributed by atoms with Gasteiger partial charge in [0.25, 0.3) is 11.1 Å². The number of nitrogens with one attached hydrogen (secondary N) is 2. The Morgan fingerprint density at radius 1 is 1.00 bits per heavy atom. The Morgan fingerprint density at radius 2 is 1.68 bits per heavy atom. The van der Waals surface area contributed by atoms with Crippen LogP contribution in [-0.2, 0) is 0 Å². The average Bonchev–Trinajstić information content (AvgIpc) is 2.44. The van der Waals surface area contributed by atoms with Crippen LogP contribution < -0.4 is 11.1 Å². The maximum Gasteiger partial charge on any atom is 0.272 e. The highest BCUT2D eigenvalue weighted by Gasteiger charge is 2.13. The van der Waals surface area contributed by atoms with E-state index in [4.69, 9.17) is 0 Å². The number of rotatable bonds is 1. The van der Waals surface area contributed by atoms with Crippen molar-refractivity contribution in [1.82, 2.24) is 15.2 Å². The molecule has 0 unspecified atom stereocenters. The molecule has 0 amide bonds. The molecule has 0 aliphatic rings. The van der Waals surface area contributed by atoms with Gasteiger partial charge in [-0.05, 0) is 12.5 Å². The number of hydrogen-bond acceptors (Lipinski definition) is 3. The smallest absolute Gasteiger partial charge is 0.267 e. The SMILES string of the molecule is Cc1ncc2c(=O)[nH][nH]c(=O)c2c1-c1ccccc1. The highest BCUT2D eigenvalue weighted by molar-refractivity contribution is 5.95. The molecule has 0 aliphatic heterocycles. The highest BCUT2D eigenvalue weighted by Crippen LogP contribution is 2.26. The summed E-state index contributed by atoms with van der Waals surface area (Å²) in [7, 11) is 0. The first-order valence-corrected chi connectivity index (χ1v) is 5.84. The molecule has 0 saturated carbocycles. The topological polar surface area (TPSA) is 78.6 Å². The van der Waals surface area contributed by atoms with Crippen molar-refractivity contribution < 1.29 is 0 Å². The van der Waals surface area contributed by atoms with Crippen molar-refractivity contribution in [2.24, 2.45) is 0 Å². The molecular weight excluding hydrogens is 242 g/mol. The van der Waals surface area contributed by atoms with Gasteiger partial charge >= 0.3 is 0 Å². The van der Waals surface area contributed by atoms with Crippen LogP contribution in [0.1, 0.15) is 5.69 Å². The fraction of sp³-hybridized carbons (Fsp3) is 0.0714. The van der Waals surface area contributed by atoms with Crippen molar-refractivity contribution in [3.05, 3.63) is 62.9 Å². The van der Waals surface area contributed by atoms with Crippen LogP contribution >= 0.6 is 0 Å². The van der Waals surface area contributed by atoms with Crippen LogP contribution in [0.3, 0.4) is 0 Å². The number of nitrogens with zero attached hydrogens (tertiary/aromatic N) is 1. The van der Waals surface area contributed by atoms with Gasteiger partial charge in [-0.1, -0.05) is 30.3 Å². The molecule has 0 atom stereocenters. The molecule has 0 fully saturated rings. The number of pyridine rings is 1. The maximum absolute atomic E-state index is 12.0. The second-order valence-corrected chi connectivity index (χ2v) is 4.28. The zero-order valence-corrected chi connectivity index (χ0v) is 10.2. The third-order valence-corrected chi connectivity index (χ3v) is 3.09. The molecular formula is C14H11N3O2. The van der Waals surface area contributed by atoms with Gasteiger partial charge in [-0.2, -0.15) is 0 Å². The van der Waals surface area contributed by atoms with E-state index in [0.717, 1.165) is 11.3 Å². The van der Waals surface area contributed by atoms with Crippen LogP contribution in [0.4, 0.5) is 0 Å². The van der Waals surface area contributed by atoms with E-state index in [1.807, 2.05) is 37.3 Å². The Bertz CT molecular complexity index is 863. The third kappa shape index (κ3) is 1.76. The van der Waals surface area contributed by atoms with E-state index in [-0.39, 0.29) is 11.1 Å². The summed E-state index contributed by atoms with van der Waals surface area (Å²) in [5, 5.41) is 5.34. The molecule has 5 nitrogen and oxygen atoms in total. The summed E-state index contributed by atoms with van der Waals surface area (Å²) in [5.41, 5.74) is 1.62. The summed E-state index contributed by atoms with van der Waals surface area (Å²) < 4.78 is 0. The monoisotopic (exact) mass is 253 g/mol. The molecule has 94 valence electrons. The van der Waals surface area contributed by atoms with E-state index in [2.05, 4.69) is 15.2 Å². The minimum atomic E-state index is -0.348. The molecule has 2 N–H and O–H groups in total. The molecule has 0 aliphatic carbocycles. The second-order valence-electron chi connectivity index (χ2n) is 4.28. The Morgan fingerprint density at radius 3 is 2.42 bits per heavy atom. The van der Waals surface area contributed by atoms with E-state index >= 15 is 0 Å². The first-order valence-electron chi connectivity index (χ1n) is 5.84. The van der Waals surface area contributed by atoms with Crippen LogP contribution in [0.2, 0.25) is 0 Å². The summed E-state index contributed by atoms with van der Waals surface area (Å²) >= 11 is 0. The van der Waals surface area contributed by atoms with Gasteiger partial charge in [0.2, 0.25) is 0 Å². The quantitative estimate of drug-likeness (QED) is 0.691. The van der Waals surface area contributed by atoms with Gasteiger partial charge in [-0.3, -0.25) is 24.8 Å². The minimum absolute atomic E-state index is 0.299. The number of aromatic amines is 2. The fourth-order valence-electron chi connectivity index (χ4n) is 2.22. The first-order chi connectivity index (χ1) is 9.18. The summed E-state index contributed by atoms with van der Waals surface area (Å²) in [6, 6.07) is 9.45. The zero-order chi connectivity index (χ0) is 13.4. The molecule has 0 spiro atoms. The van der Waals surface area contributed by atoms with E-state index in [1.165, 1.54) is 6.20 Å². The van der Waals surface area contributed by atoms with Gasteiger partial charge in [0.15, 0.2) is 0 Å². The van der Waals surface area contributed by atoms with Crippen molar-refractivity contribution in [2.45, 2.75) is 6.92 Å². The fourth-order valence-corrected chi connectivity index (χ4v) is 2.22. The Hall–Kier alpha value is -2.69. The lowest BCUT2D eigenvalue weighted by Gasteiger charge is -2.08. The van der Waals surface area contributed by atoms with Crippen LogP contribution in [0, 0.1) is 6.92 Å². The average molecular weight is 253 g/mol. The van der Waals surface area contributed by atoms with Crippen LogP contribution in [0.15, 0.2) is 46.1 Å². The molecule has 1 aromatic carbocycles. The van der Waals surface area contributed by atoms with Gasteiger partial charge in [-0.25, -0.2) is 0 Å². The molecule has 2 heterocycles. The first kappa shape index (κ1) is 11.4. The summed E-state index contributed by atoms with van der Waals surface area (Å²) in [6.45, 7) is 1.82. The van der Waals surface area contributed by atoms with Crippen molar-refractivity contribution in [3.63, 3.8) is 0 Å². The molecule has 19 heavy (non-hydrogen) atoms. The van der Waals surface area contributed by atoms with Crippen LogP contribution in [0.25, 0.3) is 21.9 Å². The summed E-state index contributed by atoms with van der Waals surface area (Å²) in [5.74, 6) is 0. The molecule has 0 saturated heterocycles. The summed E-state index contributed by atoms with van der Waals surface area (Å²) in [4.78, 5) is 28.0. The molecule has 3 aromatic rings. The molecule has 3 rings (SSSR count). The standard InChI is InChI=1S/C14H11N3O2/c1-8-11(9-5-3-2-4-6-9)12-10(7-15-8)13(18)16-17-14(12)19/h2-7H,1H3,(H,16,18)(H,17,19). The lowest BCUT2D eigenvalue weighted by molar-refractivity contribution is 0.973. The van der Waals surface area contributed by atoms with Crippen molar-refractivity contribution in [1.29, 1.82) is 0 Å². The maximum atomic E-state index is 12.0. The van der Waals surface area contributed by atoms with Crippen molar-refractivity contribution in [2.75, 3.05) is 0 Å². The molecule has 0 radical (unpaired) electrons. The Kier molecular flexibility index (Phi) is 2.52. The lowest BCUT2D eigenvalue weighted by Crippen LogP contribution is -2.20. The van der Waals surface area contributed by atoms with Crippen LogP contribution in [0.5, 0.6) is 0 Å². The van der Waals surface area contributed by atoms with E-state index in [0.29, 0.717) is 16.3 Å². The normalized spacial score (nSPS) is 10.8. The predicted octanol–water partition coefficient (Wildman–Crippen LogP) is 1.59. The lowest BCUT2D eigenvalue weighted by atomic mass is 9.99. The number of aryl methyl sites for hydroxylation is 1. The second kappa shape index (κ2) is 4.20. The van der Waals surface area contributed by atoms with E-state index < -0.39 is 0 Å². The predicted molar refractivity (Wildman–Crippen MR) is 73.2 cm³/mol. The molecule has 0 bridgehead atoms. The molecule has 5 heteroatoms. The Balaban J connectivity index is 2.55. The minimum Gasteiger partial charge on any atom is -0.267 e. The highest BCUT2D eigenvalue weighted by atomic mass is 16.1. The van der Waals surface area contributed by atoms with Crippen LogP contribution in [-0.4, -0.2) is 15.2 Å². The van der Waals surface area contributed by atoms with E-state index in [9.17, 15) is 9.59 Å². The number of aromatic nitrogens is 3. The van der Waals surface area contributed by atoms with Gasteiger partial charge in [-0.15, -0.1) is 0 Å². The van der Waals surface area contributed by atoms with E-state index in [1.54, 1.807) is 0 Å². The van der Waals surface area contributed by atoms with Gasteiger partial charge in [0, 0.05) is 17.5 Å². The van der Waals surface area contributed by atoms with Crippen molar-refractivity contribution >= 4 is 10.8 Å². The zero-order valence-electron chi connectivity index (χ0n) is 10.2. The van der Waals surface area contributed by atoms with Crippen molar-refractivity contribution in [3.8, 4) is 11.1 Å². The molecule has 2 aromatic heterocycles. The Labute approximate surface area is 107 Å². The van der Waals surface area contributed by atoms with Gasteiger partial charge < -0.3 is 0 Å². The van der Waals surface area contributed by atoms with Gasteiger partial charge in [0.05, 0.1) is 10.8 Å². The third-order valence-electron chi connectivity index (χ3n) is 3.09.